The molecule has 6 nitrogen and oxygen atoms in total. The van der Waals surface area contributed by atoms with Gasteiger partial charge in [-0.1, -0.05) is 39.0 Å². The zero-order valence-corrected chi connectivity index (χ0v) is 23.9. The van der Waals surface area contributed by atoms with E-state index >= 15 is 0 Å². The average molecular weight is 534 g/mol. The molecule has 6 heteroatoms. The number of benzene rings is 1. The van der Waals surface area contributed by atoms with Crippen LogP contribution in [0.5, 0.6) is 0 Å². The lowest BCUT2D eigenvalue weighted by molar-refractivity contribution is -0.174. The van der Waals surface area contributed by atoms with Crippen LogP contribution in [-0.4, -0.2) is 39.5 Å². The smallest absolute Gasteiger partial charge is 0.240 e. The zero-order chi connectivity index (χ0) is 27.4. The second-order valence-electron chi connectivity index (χ2n) is 14.1. The van der Waals surface area contributed by atoms with Gasteiger partial charge < -0.3 is 15.2 Å². The number of aromatic nitrogens is 1. The van der Waals surface area contributed by atoms with Gasteiger partial charge in [0.05, 0.1) is 18.4 Å². The maximum Gasteiger partial charge on any atom is 0.240 e. The van der Waals surface area contributed by atoms with Crippen molar-refractivity contribution in [1.82, 2.24) is 10.4 Å². The van der Waals surface area contributed by atoms with Crippen LogP contribution in [0.2, 0.25) is 0 Å². The lowest BCUT2D eigenvalue weighted by Crippen LogP contribution is -2.58. The van der Waals surface area contributed by atoms with Gasteiger partial charge >= 0.3 is 0 Å². The Kier molecular flexibility index (Phi) is 7.16. The number of para-hydroxylation sites is 1. The number of carbonyl (C=O) groups excluding carboxylic acids is 1. The van der Waals surface area contributed by atoms with Gasteiger partial charge in [-0.05, 0) is 110 Å². The van der Waals surface area contributed by atoms with E-state index in [1.807, 2.05) is 30.5 Å². The van der Waals surface area contributed by atoms with Gasteiger partial charge in [-0.15, -0.1) is 0 Å². The van der Waals surface area contributed by atoms with Gasteiger partial charge in [0.15, 0.2) is 0 Å². The van der Waals surface area contributed by atoms with Crippen molar-refractivity contribution in [2.75, 3.05) is 0 Å². The molecule has 10 atom stereocenters. The number of aliphatic hydroxyl groups is 2. The summed E-state index contributed by atoms with van der Waals surface area (Å²) in [5.74, 6) is 3.02. The van der Waals surface area contributed by atoms with E-state index in [2.05, 4.69) is 36.3 Å². The molecular weight excluding hydrogens is 486 g/mol. The Morgan fingerprint density at radius 3 is 2.72 bits per heavy atom. The van der Waals surface area contributed by atoms with Crippen molar-refractivity contribution < 1.29 is 15.0 Å². The summed E-state index contributed by atoms with van der Waals surface area (Å²) in [5.41, 5.74) is 5.27. The van der Waals surface area contributed by atoms with E-state index < -0.39 is 0 Å². The summed E-state index contributed by atoms with van der Waals surface area (Å²) in [4.78, 5) is 15.9. The van der Waals surface area contributed by atoms with Crippen LogP contribution in [0.3, 0.4) is 0 Å². The molecule has 1 heterocycles. The molecule has 6 rings (SSSR count). The maximum absolute atomic E-state index is 12.7. The number of amides is 1. The fraction of sp³-hybridized carbons (Fsp3) is 0.697. The molecule has 0 bridgehead atoms. The molecule has 0 aliphatic heterocycles. The zero-order valence-electron chi connectivity index (χ0n) is 23.9. The number of aliphatic hydroxyl groups excluding tert-OH is 2. The molecular formula is C33H47N3O3. The first-order chi connectivity index (χ1) is 18.7. The second-order valence-corrected chi connectivity index (χ2v) is 14.1. The Balaban J connectivity index is 1.06. The first kappa shape index (κ1) is 27.0. The molecule has 4 aliphatic carbocycles. The number of hydrogen-bond donors (Lipinski definition) is 4. The minimum absolute atomic E-state index is 0.0255. The van der Waals surface area contributed by atoms with Crippen LogP contribution in [-0.2, 0) is 4.79 Å². The third kappa shape index (κ3) is 4.65. The van der Waals surface area contributed by atoms with Gasteiger partial charge in [0.25, 0.3) is 0 Å². The van der Waals surface area contributed by atoms with Gasteiger partial charge in [-0.25, -0.2) is 5.43 Å². The van der Waals surface area contributed by atoms with Crippen LogP contribution in [0, 0.1) is 46.3 Å². The van der Waals surface area contributed by atoms with E-state index in [0.29, 0.717) is 41.9 Å². The monoisotopic (exact) mass is 533 g/mol. The average Bonchev–Trinajstić information content (AvgIpc) is 3.49. The molecule has 10 unspecified atom stereocenters. The summed E-state index contributed by atoms with van der Waals surface area (Å²) in [6.07, 6.45) is 13.2. The lowest BCUT2D eigenvalue weighted by Gasteiger charge is -2.62. The van der Waals surface area contributed by atoms with Crippen molar-refractivity contribution in [2.45, 2.75) is 97.2 Å². The largest absolute Gasteiger partial charge is 0.393 e. The number of nitrogens with zero attached hydrogens (tertiary/aromatic N) is 1. The molecule has 0 radical (unpaired) electrons. The molecule has 4 N–H and O–H groups in total. The van der Waals surface area contributed by atoms with Crippen LogP contribution >= 0.6 is 0 Å². The van der Waals surface area contributed by atoms with Crippen LogP contribution in [0.1, 0.15) is 90.5 Å². The van der Waals surface area contributed by atoms with Crippen LogP contribution in [0.4, 0.5) is 0 Å². The summed E-state index contributed by atoms with van der Waals surface area (Å²) in [5, 5.41) is 27.1. The number of aromatic amines is 1. The molecule has 1 aromatic heterocycles. The van der Waals surface area contributed by atoms with Crippen LogP contribution < -0.4 is 5.43 Å². The summed E-state index contributed by atoms with van der Waals surface area (Å²) in [6, 6.07) is 8.07. The third-order valence-corrected chi connectivity index (χ3v) is 12.3. The molecule has 0 saturated heterocycles. The Labute approximate surface area is 233 Å². The second kappa shape index (κ2) is 10.3. The van der Waals surface area contributed by atoms with Crippen molar-refractivity contribution in [3.63, 3.8) is 0 Å². The predicted molar refractivity (Wildman–Crippen MR) is 155 cm³/mol. The SMILES string of the molecule is CC(CCC(=O)N/N=C/c1c[nH]c2ccccc12)C1CCC2C3C(O)CC4CC(O)CCC4(C)C3CCC12C. The summed E-state index contributed by atoms with van der Waals surface area (Å²) >= 11 is 0. The molecule has 1 aromatic carbocycles. The van der Waals surface area contributed by atoms with E-state index in [4.69, 9.17) is 0 Å². The quantitative estimate of drug-likeness (QED) is 0.270. The van der Waals surface area contributed by atoms with Crippen molar-refractivity contribution in [3.8, 4) is 0 Å². The topological polar surface area (TPSA) is 97.7 Å². The van der Waals surface area contributed by atoms with Crippen molar-refractivity contribution in [2.24, 2.45) is 51.4 Å². The van der Waals surface area contributed by atoms with E-state index in [1.165, 1.54) is 25.7 Å². The van der Waals surface area contributed by atoms with Crippen molar-refractivity contribution in [1.29, 1.82) is 0 Å². The Bertz CT molecular complexity index is 1220. The lowest BCUT2D eigenvalue weighted by atomic mass is 9.43. The highest BCUT2D eigenvalue weighted by Gasteiger charge is 2.62. The van der Waals surface area contributed by atoms with Gasteiger partial charge in [0, 0.05) is 29.1 Å². The summed E-state index contributed by atoms with van der Waals surface area (Å²) in [7, 11) is 0. The molecule has 4 saturated carbocycles. The highest BCUT2D eigenvalue weighted by atomic mass is 16.3. The number of hydrogen-bond acceptors (Lipinski definition) is 4. The predicted octanol–water partition coefficient (Wildman–Crippen LogP) is 6.02. The molecule has 2 aromatic rings. The first-order valence-electron chi connectivity index (χ1n) is 15.4. The highest BCUT2D eigenvalue weighted by Crippen LogP contribution is 2.68. The molecule has 0 spiro atoms. The van der Waals surface area contributed by atoms with E-state index in [0.717, 1.165) is 48.6 Å². The van der Waals surface area contributed by atoms with E-state index in [9.17, 15) is 15.0 Å². The fourth-order valence-corrected chi connectivity index (χ4v) is 10.2. The Morgan fingerprint density at radius 2 is 1.87 bits per heavy atom. The van der Waals surface area contributed by atoms with E-state index in [1.54, 1.807) is 6.21 Å². The number of hydrazone groups is 1. The first-order valence-corrected chi connectivity index (χ1v) is 15.4. The molecule has 4 fully saturated rings. The van der Waals surface area contributed by atoms with Crippen LogP contribution in [0.25, 0.3) is 10.9 Å². The summed E-state index contributed by atoms with van der Waals surface area (Å²) < 4.78 is 0. The summed E-state index contributed by atoms with van der Waals surface area (Å²) in [6.45, 7) is 7.31. The minimum atomic E-state index is -0.238. The standard InChI is InChI=1S/C33H47N3O3/c1-20(8-11-30(39)36-35-19-21-18-34-28-7-5-4-6-24(21)28)25-9-10-26-31-27(13-15-33(25,26)3)32(2)14-12-23(37)16-22(32)17-29(31)38/h4-7,18-20,22-23,25-27,29,31,34,37-38H,8-17H2,1-3H3,(H,36,39)/b35-19+. The normalized spacial score (nSPS) is 40.7. The number of rotatable bonds is 6. The minimum Gasteiger partial charge on any atom is -0.393 e. The Hall–Kier alpha value is -2.18. The molecule has 1 amide bonds. The molecule has 212 valence electrons. The van der Waals surface area contributed by atoms with Gasteiger partial charge in [0.2, 0.25) is 5.91 Å². The maximum atomic E-state index is 12.7. The molecule has 4 aliphatic rings. The number of carbonyl (C=O) groups is 1. The van der Waals surface area contributed by atoms with Crippen molar-refractivity contribution in [3.05, 3.63) is 36.0 Å². The van der Waals surface area contributed by atoms with E-state index in [-0.39, 0.29) is 28.9 Å². The third-order valence-electron chi connectivity index (χ3n) is 12.3. The molecule has 39 heavy (non-hydrogen) atoms. The number of H-pyrrole nitrogens is 1. The van der Waals surface area contributed by atoms with Gasteiger partial charge in [-0.2, -0.15) is 5.10 Å². The number of nitrogens with one attached hydrogen (secondary N) is 2. The number of fused-ring (bicyclic) bond motifs is 6. The highest BCUT2D eigenvalue weighted by molar-refractivity contribution is 5.99. The van der Waals surface area contributed by atoms with Gasteiger partial charge in [-0.3, -0.25) is 4.79 Å². The fourth-order valence-electron chi connectivity index (χ4n) is 10.2. The van der Waals surface area contributed by atoms with Crippen LogP contribution in [0.15, 0.2) is 35.6 Å². The Morgan fingerprint density at radius 1 is 1.10 bits per heavy atom. The van der Waals surface area contributed by atoms with Gasteiger partial charge in [0.1, 0.15) is 0 Å². The van der Waals surface area contributed by atoms with Crippen molar-refractivity contribution >= 4 is 23.0 Å².